The van der Waals surface area contributed by atoms with Crippen LogP contribution in [-0.4, -0.2) is 23.8 Å². The number of aliphatic hydroxyl groups excluding tert-OH is 1. The fourth-order valence-corrected chi connectivity index (χ4v) is 3.75. The highest BCUT2D eigenvalue weighted by Crippen LogP contribution is 2.45. The molecule has 1 fully saturated rings. The summed E-state index contributed by atoms with van der Waals surface area (Å²) < 4.78 is 0. The normalized spacial score (nSPS) is 35.4. The van der Waals surface area contributed by atoms with Crippen LogP contribution in [0.4, 0.5) is 0 Å². The lowest BCUT2D eigenvalue weighted by Crippen LogP contribution is -2.53. The first-order valence-electron chi connectivity index (χ1n) is 6.29. The maximum Gasteiger partial charge on any atom is 0.0448 e. The zero-order valence-electron chi connectivity index (χ0n) is 10.8. The third-order valence-corrected chi connectivity index (χ3v) is 3.60. The molecule has 1 saturated carbocycles. The summed E-state index contributed by atoms with van der Waals surface area (Å²) in [6.07, 6.45) is 4.61. The van der Waals surface area contributed by atoms with Crippen molar-refractivity contribution in [1.29, 1.82) is 0 Å². The van der Waals surface area contributed by atoms with E-state index in [1.54, 1.807) is 0 Å². The molecule has 0 radical (unpaired) electrons. The summed E-state index contributed by atoms with van der Waals surface area (Å²) >= 11 is 0. The van der Waals surface area contributed by atoms with Crippen molar-refractivity contribution >= 4 is 0 Å². The fraction of sp³-hybridized carbons (Fsp3) is 1.00. The second kappa shape index (κ2) is 4.84. The molecule has 0 heterocycles. The van der Waals surface area contributed by atoms with E-state index in [0.29, 0.717) is 12.0 Å². The van der Waals surface area contributed by atoms with Crippen molar-refractivity contribution in [2.75, 3.05) is 13.2 Å². The zero-order chi connectivity index (χ0) is 11.5. The fourth-order valence-electron chi connectivity index (χ4n) is 3.75. The van der Waals surface area contributed by atoms with Gasteiger partial charge in [0, 0.05) is 12.1 Å². The van der Waals surface area contributed by atoms with E-state index in [1.165, 1.54) is 19.3 Å². The van der Waals surface area contributed by atoms with Crippen molar-refractivity contribution in [3.63, 3.8) is 0 Å². The lowest BCUT2D eigenvalue weighted by Gasteiger charge is -2.48. The van der Waals surface area contributed by atoms with Crippen LogP contribution in [-0.2, 0) is 0 Å². The minimum Gasteiger partial charge on any atom is -0.396 e. The van der Waals surface area contributed by atoms with Crippen LogP contribution in [0.2, 0.25) is 0 Å². The number of hydrogen-bond acceptors (Lipinski definition) is 2. The maximum atomic E-state index is 9.23. The summed E-state index contributed by atoms with van der Waals surface area (Å²) in [5, 5.41) is 12.9. The molecule has 2 unspecified atom stereocenters. The standard InChI is InChI=1S/C13H27NO/c1-5-14-13(6-7-15)9-11(2)8-12(3,4)10-13/h11,14-15H,5-10H2,1-4H3. The van der Waals surface area contributed by atoms with Crippen molar-refractivity contribution in [2.24, 2.45) is 11.3 Å². The molecular formula is C13H27NO. The predicted molar refractivity (Wildman–Crippen MR) is 64.9 cm³/mol. The van der Waals surface area contributed by atoms with E-state index >= 15 is 0 Å². The second-order valence-corrected chi connectivity index (χ2v) is 6.14. The minimum absolute atomic E-state index is 0.185. The van der Waals surface area contributed by atoms with Crippen LogP contribution < -0.4 is 5.32 Å². The summed E-state index contributed by atoms with van der Waals surface area (Å²) in [7, 11) is 0. The van der Waals surface area contributed by atoms with Gasteiger partial charge in [-0.3, -0.25) is 0 Å². The number of aliphatic hydroxyl groups is 1. The molecule has 0 aromatic rings. The first-order valence-corrected chi connectivity index (χ1v) is 6.29. The quantitative estimate of drug-likeness (QED) is 0.752. The molecule has 0 aliphatic heterocycles. The van der Waals surface area contributed by atoms with Gasteiger partial charge in [-0.05, 0) is 43.6 Å². The van der Waals surface area contributed by atoms with E-state index in [1.807, 2.05) is 0 Å². The van der Waals surface area contributed by atoms with Crippen LogP contribution >= 0.6 is 0 Å². The molecule has 0 amide bonds. The van der Waals surface area contributed by atoms with Crippen LogP contribution in [0, 0.1) is 11.3 Å². The molecule has 1 aliphatic carbocycles. The van der Waals surface area contributed by atoms with Crippen LogP contribution in [0.1, 0.15) is 53.4 Å². The molecule has 15 heavy (non-hydrogen) atoms. The average Bonchev–Trinajstić information content (AvgIpc) is 1.99. The number of nitrogens with one attached hydrogen (secondary N) is 1. The molecule has 1 rings (SSSR count). The highest BCUT2D eigenvalue weighted by atomic mass is 16.3. The summed E-state index contributed by atoms with van der Waals surface area (Å²) in [4.78, 5) is 0. The van der Waals surface area contributed by atoms with Gasteiger partial charge in [0.1, 0.15) is 0 Å². The van der Waals surface area contributed by atoms with Gasteiger partial charge >= 0.3 is 0 Å². The number of rotatable bonds is 4. The summed E-state index contributed by atoms with van der Waals surface area (Å²) in [5.41, 5.74) is 0.597. The van der Waals surface area contributed by atoms with E-state index in [2.05, 4.69) is 33.0 Å². The molecule has 90 valence electrons. The first-order chi connectivity index (χ1) is 6.93. The zero-order valence-corrected chi connectivity index (χ0v) is 10.8. The summed E-state index contributed by atoms with van der Waals surface area (Å²) in [6, 6.07) is 0. The maximum absolute atomic E-state index is 9.23. The van der Waals surface area contributed by atoms with Gasteiger partial charge in [0.2, 0.25) is 0 Å². The van der Waals surface area contributed by atoms with Crippen LogP contribution in [0.15, 0.2) is 0 Å². The Morgan fingerprint density at radius 3 is 2.47 bits per heavy atom. The summed E-state index contributed by atoms with van der Waals surface area (Å²) in [6.45, 7) is 10.5. The Bertz CT molecular complexity index is 195. The van der Waals surface area contributed by atoms with Gasteiger partial charge in [-0.15, -0.1) is 0 Å². The van der Waals surface area contributed by atoms with Gasteiger partial charge in [-0.25, -0.2) is 0 Å². The number of hydrogen-bond donors (Lipinski definition) is 2. The van der Waals surface area contributed by atoms with Crippen LogP contribution in [0.25, 0.3) is 0 Å². The van der Waals surface area contributed by atoms with Gasteiger partial charge in [0.15, 0.2) is 0 Å². The molecule has 2 nitrogen and oxygen atoms in total. The Morgan fingerprint density at radius 2 is 2.00 bits per heavy atom. The van der Waals surface area contributed by atoms with Crippen molar-refractivity contribution in [3.8, 4) is 0 Å². The van der Waals surface area contributed by atoms with Crippen LogP contribution in [0.5, 0.6) is 0 Å². The minimum atomic E-state index is 0.185. The van der Waals surface area contributed by atoms with Crippen molar-refractivity contribution in [3.05, 3.63) is 0 Å². The Balaban J connectivity index is 2.76. The smallest absolute Gasteiger partial charge is 0.0448 e. The predicted octanol–water partition coefficient (Wildman–Crippen LogP) is 2.56. The monoisotopic (exact) mass is 213 g/mol. The van der Waals surface area contributed by atoms with Crippen molar-refractivity contribution < 1.29 is 5.11 Å². The Hall–Kier alpha value is -0.0800. The third-order valence-electron chi connectivity index (χ3n) is 3.60. The lowest BCUT2D eigenvalue weighted by molar-refractivity contribution is 0.0626. The molecule has 1 aliphatic rings. The van der Waals surface area contributed by atoms with E-state index in [0.717, 1.165) is 18.9 Å². The molecule has 2 atom stereocenters. The van der Waals surface area contributed by atoms with Gasteiger partial charge in [0.05, 0.1) is 0 Å². The molecule has 0 bridgehead atoms. The first kappa shape index (κ1) is 13.0. The van der Waals surface area contributed by atoms with Gasteiger partial charge in [0.25, 0.3) is 0 Å². The Kier molecular flexibility index (Phi) is 4.19. The van der Waals surface area contributed by atoms with E-state index in [4.69, 9.17) is 0 Å². The van der Waals surface area contributed by atoms with E-state index < -0.39 is 0 Å². The van der Waals surface area contributed by atoms with Crippen molar-refractivity contribution in [1.82, 2.24) is 5.32 Å². The molecule has 0 spiro atoms. The highest BCUT2D eigenvalue weighted by Gasteiger charge is 2.41. The largest absolute Gasteiger partial charge is 0.396 e. The lowest BCUT2D eigenvalue weighted by atomic mass is 9.63. The third kappa shape index (κ3) is 3.46. The molecule has 0 aromatic heterocycles. The van der Waals surface area contributed by atoms with Crippen molar-refractivity contribution in [2.45, 2.75) is 58.9 Å². The topological polar surface area (TPSA) is 32.3 Å². The second-order valence-electron chi connectivity index (χ2n) is 6.14. The Morgan fingerprint density at radius 1 is 1.33 bits per heavy atom. The van der Waals surface area contributed by atoms with Crippen LogP contribution in [0.3, 0.4) is 0 Å². The highest BCUT2D eigenvalue weighted by molar-refractivity contribution is 4.98. The van der Waals surface area contributed by atoms with Gasteiger partial charge < -0.3 is 10.4 Å². The average molecular weight is 213 g/mol. The molecular weight excluding hydrogens is 186 g/mol. The summed E-state index contributed by atoms with van der Waals surface area (Å²) in [5.74, 6) is 0.763. The van der Waals surface area contributed by atoms with E-state index in [-0.39, 0.29) is 5.54 Å². The SMILES string of the molecule is CCNC1(CCO)CC(C)CC(C)(C)C1. The molecule has 2 N–H and O–H groups in total. The van der Waals surface area contributed by atoms with Gasteiger partial charge in [-0.2, -0.15) is 0 Å². The molecule has 0 saturated heterocycles. The van der Waals surface area contributed by atoms with Gasteiger partial charge in [-0.1, -0.05) is 27.7 Å². The molecule has 2 heteroatoms. The molecule has 0 aromatic carbocycles. The van der Waals surface area contributed by atoms with E-state index in [9.17, 15) is 5.11 Å². The Labute approximate surface area is 94.5 Å².